The quantitative estimate of drug-likeness (QED) is 0.889. The average molecular weight is 357 g/mol. The van der Waals surface area contributed by atoms with E-state index in [0.29, 0.717) is 22.4 Å². The molecule has 0 atom stereocenters. The topological polar surface area (TPSA) is 79.4 Å². The Kier molecular flexibility index (Phi) is 4.57. The van der Waals surface area contributed by atoms with Crippen molar-refractivity contribution in [2.75, 3.05) is 18.4 Å². The molecule has 0 bridgehead atoms. The number of carbonyl (C=O) groups is 1. The Bertz CT molecular complexity index is 747. The number of carbonyl (C=O) groups excluding carboxylic acids is 1. The smallest absolute Gasteiger partial charge is 0.252 e. The van der Waals surface area contributed by atoms with E-state index in [1.807, 2.05) is 0 Å². The fourth-order valence-corrected chi connectivity index (χ4v) is 5.83. The summed E-state index contributed by atoms with van der Waals surface area (Å²) in [6, 6.07) is 3.29. The number of thiophene rings is 1. The number of aromatic nitrogens is 1. The zero-order valence-corrected chi connectivity index (χ0v) is 14.1. The van der Waals surface area contributed by atoms with Crippen LogP contribution in [0.3, 0.4) is 0 Å². The first-order valence-corrected chi connectivity index (χ1v) is 9.97. The van der Waals surface area contributed by atoms with Crippen molar-refractivity contribution in [2.45, 2.75) is 23.5 Å². The second kappa shape index (κ2) is 6.45. The van der Waals surface area contributed by atoms with Crippen LogP contribution in [0.4, 0.5) is 5.13 Å². The minimum absolute atomic E-state index is 0.153. The second-order valence-corrected chi connectivity index (χ2v) is 9.12. The normalized spacial score (nSPS) is 16.0. The van der Waals surface area contributed by atoms with Crippen molar-refractivity contribution >= 4 is 43.7 Å². The predicted molar refractivity (Wildman–Crippen MR) is 86.8 cm³/mol. The summed E-state index contributed by atoms with van der Waals surface area (Å²) >= 11 is 2.51. The largest absolute Gasteiger partial charge is 0.302 e. The van der Waals surface area contributed by atoms with Crippen LogP contribution in [0.1, 0.15) is 17.7 Å². The van der Waals surface area contributed by atoms with Crippen molar-refractivity contribution in [1.82, 2.24) is 9.29 Å². The first kappa shape index (κ1) is 15.6. The Labute approximate surface area is 136 Å². The number of anilines is 1. The molecule has 0 aliphatic carbocycles. The molecule has 3 rings (SSSR count). The molecule has 2 aromatic heterocycles. The van der Waals surface area contributed by atoms with Gasteiger partial charge >= 0.3 is 0 Å². The van der Waals surface area contributed by atoms with Crippen LogP contribution in [0, 0.1) is 0 Å². The molecule has 1 aliphatic rings. The molecule has 0 aromatic carbocycles. The summed E-state index contributed by atoms with van der Waals surface area (Å²) in [7, 11) is -3.39. The standard InChI is InChI=1S/C13H15N3O3S3/c17-11(15-13-14-5-8-20-13)9-10-3-4-12(21-10)22(18,19)16-6-1-2-7-16/h3-5,8H,1-2,6-7,9H2,(H,14,15,17). The van der Waals surface area contributed by atoms with Crippen LogP contribution < -0.4 is 5.32 Å². The maximum Gasteiger partial charge on any atom is 0.252 e. The van der Waals surface area contributed by atoms with Gasteiger partial charge < -0.3 is 5.32 Å². The summed E-state index contributed by atoms with van der Waals surface area (Å²) in [5.41, 5.74) is 0. The lowest BCUT2D eigenvalue weighted by Crippen LogP contribution is -2.27. The molecule has 1 aliphatic heterocycles. The minimum Gasteiger partial charge on any atom is -0.302 e. The lowest BCUT2D eigenvalue weighted by atomic mass is 10.3. The SMILES string of the molecule is O=C(Cc1ccc(S(=O)(=O)N2CCCC2)s1)Nc1nccs1. The van der Waals surface area contributed by atoms with E-state index in [9.17, 15) is 13.2 Å². The number of thiazole rings is 1. The van der Waals surface area contributed by atoms with E-state index < -0.39 is 10.0 Å². The molecule has 0 radical (unpaired) electrons. The van der Waals surface area contributed by atoms with E-state index in [1.54, 1.807) is 23.7 Å². The Morgan fingerprint density at radius 1 is 1.32 bits per heavy atom. The van der Waals surface area contributed by atoms with Gasteiger partial charge in [0.2, 0.25) is 5.91 Å². The highest BCUT2D eigenvalue weighted by Crippen LogP contribution is 2.27. The molecule has 1 fully saturated rings. The fraction of sp³-hybridized carbons (Fsp3) is 0.385. The summed E-state index contributed by atoms with van der Waals surface area (Å²) in [4.78, 5) is 16.6. The average Bonchev–Trinajstić information content (AvgIpc) is 3.21. The number of rotatable bonds is 5. The summed E-state index contributed by atoms with van der Waals surface area (Å²) in [6.45, 7) is 1.17. The Morgan fingerprint density at radius 2 is 2.09 bits per heavy atom. The molecule has 1 saturated heterocycles. The minimum atomic E-state index is -3.39. The maximum atomic E-state index is 12.4. The highest BCUT2D eigenvalue weighted by Gasteiger charge is 2.28. The summed E-state index contributed by atoms with van der Waals surface area (Å²) in [6.07, 6.45) is 3.59. The van der Waals surface area contributed by atoms with Gasteiger partial charge in [0.05, 0.1) is 6.42 Å². The van der Waals surface area contributed by atoms with Gasteiger partial charge in [-0.2, -0.15) is 4.31 Å². The van der Waals surface area contributed by atoms with E-state index in [-0.39, 0.29) is 12.3 Å². The van der Waals surface area contributed by atoms with Crippen LogP contribution in [0.15, 0.2) is 27.9 Å². The highest BCUT2D eigenvalue weighted by molar-refractivity contribution is 7.91. The van der Waals surface area contributed by atoms with Gasteiger partial charge in [-0.1, -0.05) is 0 Å². The molecule has 118 valence electrons. The molecular formula is C13H15N3O3S3. The van der Waals surface area contributed by atoms with Gasteiger partial charge in [-0.3, -0.25) is 4.79 Å². The molecule has 9 heteroatoms. The summed E-state index contributed by atoms with van der Waals surface area (Å²) in [5.74, 6) is -0.193. The van der Waals surface area contributed by atoms with Crippen molar-refractivity contribution in [2.24, 2.45) is 0 Å². The van der Waals surface area contributed by atoms with E-state index in [0.717, 1.165) is 29.1 Å². The number of hydrogen-bond acceptors (Lipinski definition) is 6. The fourth-order valence-electron chi connectivity index (χ4n) is 2.25. The van der Waals surface area contributed by atoms with Gasteiger partial charge in [-0.25, -0.2) is 13.4 Å². The van der Waals surface area contributed by atoms with E-state index in [4.69, 9.17) is 0 Å². The Morgan fingerprint density at radius 3 is 2.77 bits per heavy atom. The molecule has 22 heavy (non-hydrogen) atoms. The van der Waals surface area contributed by atoms with Gasteiger partial charge in [-0.15, -0.1) is 22.7 Å². The highest BCUT2D eigenvalue weighted by atomic mass is 32.2. The zero-order chi connectivity index (χ0) is 15.6. The van der Waals surface area contributed by atoms with Crippen LogP contribution >= 0.6 is 22.7 Å². The molecule has 6 nitrogen and oxygen atoms in total. The second-order valence-electron chi connectivity index (χ2n) is 4.89. The van der Waals surface area contributed by atoms with Crippen molar-refractivity contribution in [1.29, 1.82) is 0 Å². The van der Waals surface area contributed by atoms with Crippen LogP contribution in [-0.2, 0) is 21.2 Å². The van der Waals surface area contributed by atoms with Crippen molar-refractivity contribution in [3.63, 3.8) is 0 Å². The molecule has 0 unspecified atom stereocenters. The lowest BCUT2D eigenvalue weighted by molar-refractivity contribution is -0.115. The molecule has 0 spiro atoms. The zero-order valence-electron chi connectivity index (χ0n) is 11.7. The van der Waals surface area contributed by atoms with Crippen molar-refractivity contribution in [3.05, 3.63) is 28.6 Å². The predicted octanol–water partition coefficient (Wildman–Crippen LogP) is 2.17. The van der Waals surface area contributed by atoms with Crippen LogP contribution in [0.25, 0.3) is 0 Å². The lowest BCUT2D eigenvalue weighted by Gasteiger charge is -2.13. The van der Waals surface area contributed by atoms with Crippen LogP contribution in [-0.4, -0.2) is 36.7 Å². The van der Waals surface area contributed by atoms with E-state index in [1.165, 1.54) is 15.6 Å². The number of nitrogens with zero attached hydrogens (tertiary/aromatic N) is 2. The first-order chi connectivity index (χ1) is 10.6. The van der Waals surface area contributed by atoms with Crippen molar-refractivity contribution in [3.8, 4) is 0 Å². The van der Waals surface area contributed by atoms with Gasteiger partial charge in [0.25, 0.3) is 10.0 Å². The van der Waals surface area contributed by atoms with Gasteiger partial charge in [-0.05, 0) is 25.0 Å². The molecule has 1 amide bonds. The first-order valence-electron chi connectivity index (χ1n) is 6.84. The summed E-state index contributed by atoms with van der Waals surface area (Å²) < 4.78 is 26.7. The Hall–Kier alpha value is -1.29. The van der Waals surface area contributed by atoms with E-state index >= 15 is 0 Å². The molecule has 0 saturated carbocycles. The Balaban J connectivity index is 1.67. The van der Waals surface area contributed by atoms with Gasteiger partial charge in [0, 0.05) is 29.5 Å². The molecule has 2 aromatic rings. The molecule has 1 N–H and O–H groups in total. The van der Waals surface area contributed by atoms with Crippen LogP contribution in [0.2, 0.25) is 0 Å². The van der Waals surface area contributed by atoms with Crippen molar-refractivity contribution < 1.29 is 13.2 Å². The van der Waals surface area contributed by atoms with E-state index in [2.05, 4.69) is 10.3 Å². The third-order valence-corrected chi connectivity index (χ3v) is 7.45. The maximum absolute atomic E-state index is 12.4. The monoisotopic (exact) mass is 357 g/mol. The third-order valence-electron chi connectivity index (χ3n) is 3.31. The number of sulfonamides is 1. The van der Waals surface area contributed by atoms with Gasteiger partial charge in [0.1, 0.15) is 4.21 Å². The van der Waals surface area contributed by atoms with Crippen LogP contribution in [0.5, 0.6) is 0 Å². The van der Waals surface area contributed by atoms with Gasteiger partial charge in [0.15, 0.2) is 5.13 Å². The third kappa shape index (κ3) is 3.37. The summed E-state index contributed by atoms with van der Waals surface area (Å²) in [5, 5.41) is 5.02. The molecular weight excluding hydrogens is 342 g/mol. The molecule has 3 heterocycles. The number of amides is 1. The number of hydrogen-bond donors (Lipinski definition) is 1. The number of nitrogens with one attached hydrogen (secondary N) is 1.